The average Bonchev–Trinajstić information content (AvgIpc) is 2.45. The molecule has 0 aromatic heterocycles. The Morgan fingerprint density at radius 1 is 0.609 bits per heavy atom. The Balaban J connectivity index is 3.35. The lowest BCUT2D eigenvalue weighted by atomic mass is 10.2. The first-order valence-electron chi connectivity index (χ1n) is 7.79. The fourth-order valence-electron chi connectivity index (χ4n) is 1.64. The van der Waals surface area contributed by atoms with Gasteiger partial charge in [-0.05, 0) is 26.7 Å². The molecule has 0 amide bonds. The molecule has 132 valence electrons. The van der Waals surface area contributed by atoms with Crippen LogP contribution in [-0.4, -0.2) is 49.9 Å². The van der Waals surface area contributed by atoms with Gasteiger partial charge in [0.25, 0.3) is 0 Å². The standard InChI is InChI=1S/C16H26O7/c1-13(17)5-3-7-15(19)22-11-9-21-10-12-23-16(20)8-4-6-14(2)18/h3-12H2,1-2H3. The maximum atomic E-state index is 11.3. The summed E-state index contributed by atoms with van der Waals surface area (Å²) in [6, 6.07) is 0. The number of carbonyl (C=O) groups is 4. The van der Waals surface area contributed by atoms with Crippen LogP contribution < -0.4 is 0 Å². The van der Waals surface area contributed by atoms with Crippen molar-refractivity contribution >= 4 is 23.5 Å². The van der Waals surface area contributed by atoms with Crippen LogP contribution in [0.15, 0.2) is 0 Å². The van der Waals surface area contributed by atoms with Crippen LogP contribution in [0, 0.1) is 0 Å². The van der Waals surface area contributed by atoms with Crippen molar-refractivity contribution < 1.29 is 33.4 Å². The molecular formula is C16H26O7. The van der Waals surface area contributed by atoms with Crippen molar-refractivity contribution in [1.82, 2.24) is 0 Å². The first kappa shape index (κ1) is 21.2. The smallest absolute Gasteiger partial charge is 0.305 e. The highest BCUT2D eigenvalue weighted by Crippen LogP contribution is 1.99. The topological polar surface area (TPSA) is 96.0 Å². The predicted octanol–water partition coefficient (Wildman–Crippen LogP) is 1.61. The maximum absolute atomic E-state index is 11.3. The Morgan fingerprint density at radius 2 is 1.00 bits per heavy atom. The molecular weight excluding hydrogens is 304 g/mol. The van der Waals surface area contributed by atoms with E-state index < -0.39 is 0 Å². The Morgan fingerprint density at radius 3 is 1.35 bits per heavy atom. The van der Waals surface area contributed by atoms with Gasteiger partial charge in [0.05, 0.1) is 13.2 Å². The molecule has 0 unspecified atom stereocenters. The fourth-order valence-corrected chi connectivity index (χ4v) is 1.64. The van der Waals surface area contributed by atoms with Crippen LogP contribution in [0.1, 0.15) is 52.4 Å². The minimum atomic E-state index is -0.355. The summed E-state index contributed by atoms with van der Waals surface area (Å²) in [6.45, 7) is 3.67. The zero-order valence-corrected chi connectivity index (χ0v) is 13.9. The molecule has 0 aliphatic carbocycles. The summed E-state index contributed by atoms with van der Waals surface area (Å²) in [5.41, 5.74) is 0. The molecule has 0 saturated carbocycles. The van der Waals surface area contributed by atoms with Gasteiger partial charge in [-0.25, -0.2) is 0 Å². The number of hydrogen-bond acceptors (Lipinski definition) is 7. The zero-order chi connectivity index (χ0) is 17.5. The van der Waals surface area contributed by atoms with Crippen LogP contribution in [0.5, 0.6) is 0 Å². The van der Waals surface area contributed by atoms with Gasteiger partial charge in [0.2, 0.25) is 0 Å². The molecule has 0 saturated heterocycles. The number of ketones is 2. The van der Waals surface area contributed by atoms with Crippen molar-refractivity contribution in [2.45, 2.75) is 52.4 Å². The molecule has 0 heterocycles. The number of rotatable bonds is 14. The van der Waals surface area contributed by atoms with Crippen molar-refractivity contribution in [2.75, 3.05) is 26.4 Å². The number of esters is 2. The summed E-state index contributed by atoms with van der Waals surface area (Å²) in [6.07, 6.45) is 2.19. The molecule has 0 aromatic rings. The summed E-state index contributed by atoms with van der Waals surface area (Å²) >= 11 is 0. The van der Waals surface area contributed by atoms with Gasteiger partial charge in [0, 0.05) is 25.7 Å². The Labute approximate surface area is 136 Å². The van der Waals surface area contributed by atoms with Crippen LogP contribution >= 0.6 is 0 Å². The van der Waals surface area contributed by atoms with E-state index in [1.807, 2.05) is 0 Å². The lowest BCUT2D eigenvalue weighted by Crippen LogP contribution is -2.14. The van der Waals surface area contributed by atoms with Crippen molar-refractivity contribution in [1.29, 1.82) is 0 Å². The van der Waals surface area contributed by atoms with Crippen molar-refractivity contribution in [3.63, 3.8) is 0 Å². The summed E-state index contributed by atoms with van der Waals surface area (Å²) in [7, 11) is 0. The second kappa shape index (κ2) is 13.9. The van der Waals surface area contributed by atoms with Crippen LogP contribution in [0.3, 0.4) is 0 Å². The van der Waals surface area contributed by atoms with Crippen LogP contribution in [-0.2, 0) is 33.4 Å². The molecule has 7 heteroatoms. The molecule has 0 fully saturated rings. The first-order chi connectivity index (χ1) is 10.9. The monoisotopic (exact) mass is 330 g/mol. The number of hydrogen-bond donors (Lipinski definition) is 0. The van der Waals surface area contributed by atoms with Gasteiger partial charge < -0.3 is 23.8 Å². The van der Waals surface area contributed by atoms with Crippen LogP contribution in [0.25, 0.3) is 0 Å². The molecule has 0 aliphatic heterocycles. The Bertz CT molecular complexity index is 354. The number of carbonyl (C=O) groups excluding carboxylic acids is 4. The van der Waals surface area contributed by atoms with E-state index in [1.165, 1.54) is 13.8 Å². The van der Waals surface area contributed by atoms with E-state index in [9.17, 15) is 19.2 Å². The summed E-state index contributed by atoms with van der Waals surface area (Å²) in [5, 5.41) is 0. The number of Topliss-reactive ketones (excluding diaryl/α,β-unsaturated/α-hetero) is 2. The summed E-state index contributed by atoms with van der Waals surface area (Å²) < 4.78 is 15.0. The van der Waals surface area contributed by atoms with Crippen LogP contribution in [0.2, 0.25) is 0 Å². The van der Waals surface area contributed by atoms with E-state index in [0.29, 0.717) is 25.7 Å². The molecule has 0 N–H and O–H groups in total. The summed E-state index contributed by atoms with van der Waals surface area (Å²) in [5.74, 6) is -0.604. The van der Waals surface area contributed by atoms with Crippen molar-refractivity contribution in [3.05, 3.63) is 0 Å². The fraction of sp³-hybridized carbons (Fsp3) is 0.750. The lowest BCUT2D eigenvalue weighted by molar-refractivity contribution is -0.146. The normalized spacial score (nSPS) is 10.2. The lowest BCUT2D eigenvalue weighted by Gasteiger charge is -2.07. The third kappa shape index (κ3) is 16.4. The average molecular weight is 330 g/mol. The third-order valence-electron chi connectivity index (χ3n) is 2.80. The Hall–Kier alpha value is -1.76. The van der Waals surface area contributed by atoms with Crippen molar-refractivity contribution in [2.24, 2.45) is 0 Å². The van der Waals surface area contributed by atoms with E-state index in [-0.39, 0.29) is 62.8 Å². The molecule has 0 radical (unpaired) electrons. The van der Waals surface area contributed by atoms with E-state index in [2.05, 4.69) is 0 Å². The second-order valence-electron chi connectivity index (χ2n) is 5.16. The van der Waals surface area contributed by atoms with E-state index >= 15 is 0 Å². The highest BCUT2D eigenvalue weighted by atomic mass is 16.6. The highest BCUT2D eigenvalue weighted by molar-refractivity contribution is 5.77. The van der Waals surface area contributed by atoms with Gasteiger partial charge in [0.15, 0.2) is 0 Å². The zero-order valence-electron chi connectivity index (χ0n) is 13.9. The second-order valence-corrected chi connectivity index (χ2v) is 5.16. The van der Waals surface area contributed by atoms with Crippen molar-refractivity contribution in [3.8, 4) is 0 Å². The summed E-state index contributed by atoms with van der Waals surface area (Å²) in [4.78, 5) is 43.9. The van der Waals surface area contributed by atoms with E-state index in [4.69, 9.17) is 14.2 Å². The molecule has 0 aromatic carbocycles. The van der Waals surface area contributed by atoms with E-state index in [1.54, 1.807) is 0 Å². The SMILES string of the molecule is CC(=O)CCCC(=O)OCCOCCOC(=O)CCCC(C)=O. The largest absolute Gasteiger partial charge is 0.463 e. The van der Waals surface area contributed by atoms with Gasteiger partial charge >= 0.3 is 11.9 Å². The van der Waals surface area contributed by atoms with Gasteiger partial charge in [0.1, 0.15) is 24.8 Å². The molecule has 0 spiro atoms. The first-order valence-corrected chi connectivity index (χ1v) is 7.79. The van der Waals surface area contributed by atoms with E-state index in [0.717, 1.165) is 0 Å². The predicted molar refractivity (Wildman–Crippen MR) is 81.8 cm³/mol. The van der Waals surface area contributed by atoms with Gasteiger partial charge in [-0.1, -0.05) is 0 Å². The van der Waals surface area contributed by atoms with Gasteiger partial charge in [-0.15, -0.1) is 0 Å². The molecule has 7 nitrogen and oxygen atoms in total. The number of ether oxygens (including phenoxy) is 3. The Kier molecular flexibility index (Phi) is 12.8. The van der Waals surface area contributed by atoms with Crippen LogP contribution in [0.4, 0.5) is 0 Å². The van der Waals surface area contributed by atoms with Gasteiger partial charge in [-0.3, -0.25) is 9.59 Å². The van der Waals surface area contributed by atoms with Gasteiger partial charge in [-0.2, -0.15) is 0 Å². The maximum Gasteiger partial charge on any atom is 0.305 e. The minimum Gasteiger partial charge on any atom is -0.463 e. The minimum absolute atomic E-state index is 0.0528. The quantitative estimate of drug-likeness (QED) is 0.352. The molecule has 0 rings (SSSR count). The highest BCUT2D eigenvalue weighted by Gasteiger charge is 2.05. The molecule has 0 atom stereocenters. The molecule has 0 bridgehead atoms. The molecule has 0 aliphatic rings. The third-order valence-corrected chi connectivity index (χ3v) is 2.80. The molecule has 23 heavy (non-hydrogen) atoms.